The van der Waals surface area contributed by atoms with Crippen LogP contribution in [-0.4, -0.2) is 15.2 Å². The Bertz CT molecular complexity index is 353. The van der Waals surface area contributed by atoms with Crippen molar-refractivity contribution in [3.8, 4) is 0 Å². The first-order valence-electron chi connectivity index (χ1n) is 6.24. The van der Waals surface area contributed by atoms with Crippen LogP contribution in [0.5, 0.6) is 0 Å². The number of rotatable bonds is 6. The standard InChI is InChI=1S/C13H23N3S/c1-5-10(4)17-8-12-15-7-11(6-14)13(16-12)9(2)3/h7,9-10H,5-6,8,14H2,1-4H3. The second-order valence-corrected chi connectivity index (χ2v) is 6.01. The van der Waals surface area contributed by atoms with E-state index in [1.165, 1.54) is 6.42 Å². The molecule has 1 aromatic rings. The zero-order valence-electron chi connectivity index (χ0n) is 11.2. The minimum Gasteiger partial charge on any atom is -0.326 e. The first-order valence-corrected chi connectivity index (χ1v) is 7.29. The molecule has 1 unspecified atom stereocenters. The Morgan fingerprint density at radius 3 is 2.59 bits per heavy atom. The molecule has 0 amide bonds. The normalized spacial score (nSPS) is 13.1. The summed E-state index contributed by atoms with van der Waals surface area (Å²) >= 11 is 1.91. The van der Waals surface area contributed by atoms with E-state index in [-0.39, 0.29) is 0 Å². The summed E-state index contributed by atoms with van der Waals surface area (Å²) in [7, 11) is 0. The van der Waals surface area contributed by atoms with Crippen molar-refractivity contribution in [1.29, 1.82) is 0 Å². The van der Waals surface area contributed by atoms with E-state index in [0.717, 1.165) is 22.8 Å². The second-order valence-electron chi connectivity index (χ2n) is 4.59. The lowest BCUT2D eigenvalue weighted by molar-refractivity contribution is 0.769. The van der Waals surface area contributed by atoms with Crippen LogP contribution in [0.3, 0.4) is 0 Å². The summed E-state index contributed by atoms with van der Waals surface area (Å²) in [5.74, 6) is 2.22. The van der Waals surface area contributed by atoms with Crippen LogP contribution >= 0.6 is 11.8 Å². The highest BCUT2D eigenvalue weighted by Gasteiger charge is 2.10. The van der Waals surface area contributed by atoms with Crippen molar-refractivity contribution in [2.75, 3.05) is 0 Å². The highest BCUT2D eigenvalue weighted by molar-refractivity contribution is 7.99. The lowest BCUT2D eigenvalue weighted by Gasteiger charge is -2.12. The summed E-state index contributed by atoms with van der Waals surface area (Å²) in [5, 5.41) is 0.662. The zero-order chi connectivity index (χ0) is 12.8. The summed E-state index contributed by atoms with van der Waals surface area (Å²) in [4.78, 5) is 9.02. The first kappa shape index (κ1) is 14.5. The molecule has 0 aliphatic rings. The number of aromatic nitrogens is 2. The smallest absolute Gasteiger partial charge is 0.138 e. The lowest BCUT2D eigenvalue weighted by Crippen LogP contribution is -2.09. The third-order valence-corrected chi connectivity index (χ3v) is 4.11. The highest BCUT2D eigenvalue weighted by Crippen LogP contribution is 2.20. The topological polar surface area (TPSA) is 51.8 Å². The maximum absolute atomic E-state index is 5.70. The summed E-state index contributed by atoms with van der Waals surface area (Å²) in [6.07, 6.45) is 3.07. The van der Waals surface area contributed by atoms with E-state index >= 15 is 0 Å². The van der Waals surface area contributed by atoms with Gasteiger partial charge in [0.2, 0.25) is 0 Å². The largest absolute Gasteiger partial charge is 0.326 e. The van der Waals surface area contributed by atoms with E-state index in [2.05, 4.69) is 37.7 Å². The lowest BCUT2D eigenvalue weighted by atomic mass is 10.1. The molecule has 0 fully saturated rings. The number of thioether (sulfide) groups is 1. The monoisotopic (exact) mass is 253 g/mol. The average Bonchev–Trinajstić information content (AvgIpc) is 2.35. The van der Waals surface area contributed by atoms with Gasteiger partial charge in [-0.2, -0.15) is 11.8 Å². The van der Waals surface area contributed by atoms with E-state index in [1.54, 1.807) is 0 Å². The molecule has 0 saturated heterocycles. The molecule has 3 nitrogen and oxygen atoms in total. The van der Waals surface area contributed by atoms with Crippen molar-refractivity contribution in [2.45, 2.75) is 57.6 Å². The molecule has 0 bridgehead atoms. The molecule has 0 aliphatic heterocycles. The van der Waals surface area contributed by atoms with Gasteiger partial charge >= 0.3 is 0 Å². The van der Waals surface area contributed by atoms with Crippen LogP contribution in [0.4, 0.5) is 0 Å². The van der Waals surface area contributed by atoms with Crippen molar-refractivity contribution in [3.05, 3.63) is 23.3 Å². The van der Waals surface area contributed by atoms with Crippen molar-refractivity contribution < 1.29 is 0 Å². The molecule has 1 rings (SSSR count). The van der Waals surface area contributed by atoms with E-state index in [9.17, 15) is 0 Å². The predicted octanol–water partition coefficient (Wildman–Crippen LogP) is 3.09. The molecule has 0 radical (unpaired) electrons. The van der Waals surface area contributed by atoms with Gasteiger partial charge in [-0.3, -0.25) is 0 Å². The zero-order valence-corrected chi connectivity index (χ0v) is 12.0. The minimum atomic E-state index is 0.406. The summed E-state index contributed by atoms with van der Waals surface area (Å²) in [6.45, 7) is 9.25. The predicted molar refractivity (Wildman–Crippen MR) is 75.1 cm³/mol. The van der Waals surface area contributed by atoms with Crippen LogP contribution in [0.1, 0.15) is 57.1 Å². The summed E-state index contributed by atoms with van der Waals surface area (Å²) < 4.78 is 0. The quantitative estimate of drug-likeness (QED) is 0.846. The molecule has 1 aromatic heterocycles. The van der Waals surface area contributed by atoms with Gasteiger partial charge in [-0.25, -0.2) is 9.97 Å². The fraction of sp³-hybridized carbons (Fsp3) is 0.692. The Balaban J connectivity index is 2.78. The second kappa shape index (κ2) is 6.97. The van der Waals surface area contributed by atoms with E-state index in [0.29, 0.717) is 17.7 Å². The van der Waals surface area contributed by atoms with Crippen LogP contribution in [0.15, 0.2) is 6.20 Å². The van der Waals surface area contributed by atoms with Crippen molar-refractivity contribution >= 4 is 11.8 Å². The Hall–Kier alpha value is -0.610. The van der Waals surface area contributed by atoms with Crippen molar-refractivity contribution in [3.63, 3.8) is 0 Å². The number of nitrogens with zero attached hydrogens (tertiary/aromatic N) is 2. The molecule has 0 aliphatic carbocycles. The molecule has 1 atom stereocenters. The maximum atomic E-state index is 5.70. The van der Waals surface area contributed by atoms with Gasteiger partial charge in [-0.15, -0.1) is 0 Å². The van der Waals surface area contributed by atoms with Crippen molar-refractivity contribution in [1.82, 2.24) is 9.97 Å². The van der Waals surface area contributed by atoms with Crippen LogP contribution in [0, 0.1) is 0 Å². The molecule has 0 aromatic carbocycles. The van der Waals surface area contributed by atoms with Gasteiger partial charge in [0, 0.05) is 23.6 Å². The van der Waals surface area contributed by atoms with E-state index < -0.39 is 0 Å². The highest BCUT2D eigenvalue weighted by atomic mass is 32.2. The molecule has 0 spiro atoms. The third kappa shape index (κ3) is 4.28. The Morgan fingerprint density at radius 2 is 2.06 bits per heavy atom. The van der Waals surface area contributed by atoms with Crippen molar-refractivity contribution in [2.24, 2.45) is 5.73 Å². The van der Waals surface area contributed by atoms with Crippen LogP contribution in [-0.2, 0) is 12.3 Å². The van der Waals surface area contributed by atoms with Crippen LogP contribution in [0.2, 0.25) is 0 Å². The molecular weight excluding hydrogens is 230 g/mol. The van der Waals surface area contributed by atoms with Gasteiger partial charge in [0.15, 0.2) is 0 Å². The number of hydrogen-bond acceptors (Lipinski definition) is 4. The molecule has 2 N–H and O–H groups in total. The Labute approximate surface area is 109 Å². The third-order valence-electron chi connectivity index (χ3n) is 2.79. The summed E-state index contributed by atoms with van der Waals surface area (Å²) in [6, 6.07) is 0. The minimum absolute atomic E-state index is 0.406. The molecule has 4 heteroatoms. The van der Waals surface area contributed by atoms with E-state index in [1.807, 2.05) is 18.0 Å². The van der Waals surface area contributed by atoms with Gasteiger partial charge in [0.1, 0.15) is 5.82 Å². The fourth-order valence-electron chi connectivity index (χ4n) is 1.52. The molecular formula is C13H23N3S. The van der Waals surface area contributed by atoms with Crippen LogP contribution in [0.25, 0.3) is 0 Å². The molecule has 1 heterocycles. The Kier molecular flexibility index (Phi) is 5.92. The SMILES string of the molecule is CCC(C)SCc1ncc(CN)c(C(C)C)n1. The van der Waals surface area contributed by atoms with Gasteiger partial charge in [0.05, 0.1) is 11.4 Å². The summed E-state index contributed by atoms with van der Waals surface area (Å²) in [5.41, 5.74) is 7.86. The van der Waals surface area contributed by atoms with Gasteiger partial charge in [-0.1, -0.05) is 27.7 Å². The Morgan fingerprint density at radius 1 is 1.35 bits per heavy atom. The average molecular weight is 253 g/mol. The first-order chi connectivity index (χ1) is 8.08. The number of hydrogen-bond donors (Lipinski definition) is 1. The molecule has 0 saturated carbocycles. The molecule has 96 valence electrons. The molecule has 17 heavy (non-hydrogen) atoms. The maximum Gasteiger partial charge on any atom is 0.138 e. The van der Waals surface area contributed by atoms with Gasteiger partial charge in [0.25, 0.3) is 0 Å². The van der Waals surface area contributed by atoms with Gasteiger partial charge in [-0.05, 0) is 12.3 Å². The van der Waals surface area contributed by atoms with E-state index in [4.69, 9.17) is 5.73 Å². The van der Waals surface area contributed by atoms with Gasteiger partial charge < -0.3 is 5.73 Å². The fourth-order valence-corrected chi connectivity index (χ4v) is 2.33. The van der Waals surface area contributed by atoms with Crippen LogP contribution < -0.4 is 5.73 Å². The number of nitrogens with two attached hydrogens (primary N) is 1.